The number of hydrogen-bond acceptors (Lipinski definition) is 11. The Morgan fingerprint density at radius 1 is 0.632 bits per heavy atom. The third-order valence-corrected chi connectivity index (χ3v) is 11.5. The van der Waals surface area contributed by atoms with Crippen LogP contribution in [0.4, 0.5) is 0 Å². The zero-order chi connectivity index (χ0) is 42.3. The molecule has 9 N–H and O–H groups in total. The lowest BCUT2D eigenvalue weighted by Gasteiger charge is -2.41. The minimum atomic E-state index is -5.14. The summed E-state index contributed by atoms with van der Waals surface area (Å²) in [4.78, 5) is 23.3. The fourth-order valence-electron chi connectivity index (χ4n) is 6.87. The number of nitrogens with one attached hydrogen (secondary N) is 1. The molecule has 334 valence electrons. The Kier molecular flexibility index (Phi) is 31.2. The molecule has 0 bridgehead atoms. The molecule has 57 heavy (non-hydrogen) atoms. The van der Waals surface area contributed by atoms with E-state index in [-0.39, 0.29) is 6.42 Å². The van der Waals surface area contributed by atoms with E-state index >= 15 is 0 Å². The zero-order valence-corrected chi connectivity index (χ0v) is 35.9. The van der Waals surface area contributed by atoms with E-state index in [0.717, 1.165) is 44.9 Å². The zero-order valence-electron chi connectivity index (χ0n) is 35.0. The van der Waals surface area contributed by atoms with Crippen molar-refractivity contribution in [2.24, 2.45) is 0 Å². The number of phosphoric acid groups is 1. The molecule has 0 spiro atoms. The van der Waals surface area contributed by atoms with Crippen molar-refractivity contribution in [3.63, 3.8) is 0 Å². The normalized spacial score (nSPS) is 24.3. The molecule has 0 aromatic carbocycles. The molecular weight excluding hydrogens is 753 g/mol. The SMILES string of the molecule is CC/C=C/CC/C=C/CC/C=C/C(O)C(COP(=O)(O)OC1C(O)C(O)C(O)C(O)C1O)NC(=O)CC(O)CCCCCCCCCCCCCCCCCCC. The van der Waals surface area contributed by atoms with Crippen molar-refractivity contribution in [3.8, 4) is 0 Å². The number of carbonyl (C=O) groups excluding carboxylic acids is 1. The quantitative estimate of drug-likeness (QED) is 0.0187. The fourth-order valence-corrected chi connectivity index (χ4v) is 7.83. The highest BCUT2D eigenvalue weighted by Crippen LogP contribution is 2.47. The lowest BCUT2D eigenvalue weighted by atomic mass is 9.85. The first kappa shape index (κ1) is 53.5. The molecule has 0 radical (unpaired) electrons. The van der Waals surface area contributed by atoms with Crippen LogP contribution >= 0.6 is 7.82 Å². The van der Waals surface area contributed by atoms with Crippen LogP contribution in [0.3, 0.4) is 0 Å². The van der Waals surface area contributed by atoms with Crippen molar-refractivity contribution < 1.29 is 59.0 Å². The second kappa shape index (κ2) is 33.3. The topological polar surface area (TPSA) is 226 Å². The van der Waals surface area contributed by atoms with E-state index in [2.05, 4.69) is 37.4 Å². The van der Waals surface area contributed by atoms with Crippen LogP contribution in [-0.2, 0) is 18.4 Å². The lowest BCUT2D eigenvalue weighted by Crippen LogP contribution is -2.64. The largest absolute Gasteiger partial charge is 0.472 e. The molecule has 1 saturated carbocycles. The Bertz CT molecular complexity index is 1120. The van der Waals surface area contributed by atoms with Crippen LogP contribution in [0.1, 0.15) is 168 Å². The third-order valence-electron chi connectivity index (χ3n) is 10.5. The predicted octanol–water partition coefficient (Wildman–Crippen LogP) is 6.58. The van der Waals surface area contributed by atoms with E-state index in [1.165, 1.54) is 89.5 Å². The Balaban J connectivity index is 2.53. The molecule has 1 aliphatic carbocycles. The summed E-state index contributed by atoms with van der Waals surface area (Å²) in [7, 11) is -5.14. The summed E-state index contributed by atoms with van der Waals surface area (Å²) >= 11 is 0. The van der Waals surface area contributed by atoms with Crippen LogP contribution in [-0.4, -0.2) is 108 Å². The second-order valence-corrected chi connectivity index (χ2v) is 17.1. The number of allylic oxidation sites excluding steroid dienone is 5. The van der Waals surface area contributed by atoms with Crippen molar-refractivity contribution in [1.29, 1.82) is 0 Å². The summed E-state index contributed by atoms with van der Waals surface area (Å²) in [6.07, 6.45) is 22.7. The van der Waals surface area contributed by atoms with Crippen molar-refractivity contribution in [2.75, 3.05) is 6.61 Å². The summed E-state index contributed by atoms with van der Waals surface area (Å²) in [6, 6.07) is -1.26. The summed E-state index contributed by atoms with van der Waals surface area (Å²) in [5, 5.41) is 74.2. The number of aliphatic hydroxyl groups is 7. The van der Waals surface area contributed by atoms with Crippen molar-refractivity contribution in [1.82, 2.24) is 5.32 Å². The predicted molar refractivity (Wildman–Crippen MR) is 224 cm³/mol. The number of rotatable bonds is 35. The summed E-state index contributed by atoms with van der Waals surface area (Å²) in [5.74, 6) is -0.609. The maximum Gasteiger partial charge on any atom is 0.472 e. The molecule has 1 aliphatic rings. The highest BCUT2D eigenvalue weighted by atomic mass is 31.2. The van der Waals surface area contributed by atoms with Gasteiger partial charge in [-0.25, -0.2) is 4.57 Å². The molecule has 13 nitrogen and oxygen atoms in total. The van der Waals surface area contributed by atoms with E-state index in [4.69, 9.17) is 9.05 Å². The van der Waals surface area contributed by atoms with Gasteiger partial charge in [0.05, 0.1) is 31.3 Å². The van der Waals surface area contributed by atoms with Crippen molar-refractivity contribution in [2.45, 2.75) is 223 Å². The van der Waals surface area contributed by atoms with Crippen molar-refractivity contribution >= 4 is 13.7 Å². The van der Waals surface area contributed by atoms with Gasteiger partial charge >= 0.3 is 7.82 Å². The number of phosphoric ester groups is 1. The van der Waals surface area contributed by atoms with E-state index < -0.39 is 75.2 Å². The Labute approximate surface area is 343 Å². The highest BCUT2D eigenvalue weighted by molar-refractivity contribution is 7.47. The fraction of sp³-hybridized carbons (Fsp3) is 0.837. The van der Waals surface area contributed by atoms with Crippen LogP contribution < -0.4 is 5.32 Å². The van der Waals surface area contributed by atoms with Gasteiger partial charge in [0.25, 0.3) is 0 Å². The number of carbonyl (C=O) groups is 1. The number of unbranched alkanes of at least 4 members (excludes halogenated alkanes) is 18. The van der Waals surface area contributed by atoms with Gasteiger partial charge in [0.2, 0.25) is 5.91 Å². The molecule has 0 saturated heterocycles. The maximum atomic E-state index is 12.9. The maximum absolute atomic E-state index is 12.9. The van der Waals surface area contributed by atoms with Gasteiger partial charge in [-0.05, 0) is 38.5 Å². The summed E-state index contributed by atoms with van der Waals surface area (Å²) in [5.41, 5.74) is 0. The molecular formula is C43H80NO12P. The third kappa shape index (κ3) is 25.7. The molecule has 1 amide bonds. The molecule has 0 heterocycles. The van der Waals surface area contributed by atoms with Gasteiger partial charge in [0.15, 0.2) is 0 Å². The first-order chi connectivity index (χ1) is 27.3. The van der Waals surface area contributed by atoms with E-state index in [0.29, 0.717) is 19.3 Å². The van der Waals surface area contributed by atoms with Crippen LogP contribution in [0.5, 0.6) is 0 Å². The van der Waals surface area contributed by atoms with Crippen LogP contribution in [0.2, 0.25) is 0 Å². The smallest absolute Gasteiger partial charge is 0.393 e. The number of hydrogen-bond donors (Lipinski definition) is 9. The minimum Gasteiger partial charge on any atom is -0.393 e. The first-order valence-corrected chi connectivity index (χ1v) is 23.5. The van der Waals surface area contributed by atoms with E-state index in [1.54, 1.807) is 6.08 Å². The lowest BCUT2D eigenvalue weighted by molar-refractivity contribution is -0.220. The van der Waals surface area contributed by atoms with Gasteiger partial charge in [0.1, 0.15) is 36.6 Å². The molecule has 1 rings (SSSR count). The Morgan fingerprint density at radius 3 is 1.53 bits per heavy atom. The van der Waals surface area contributed by atoms with Gasteiger partial charge in [-0.3, -0.25) is 13.8 Å². The summed E-state index contributed by atoms with van der Waals surface area (Å²) < 4.78 is 22.7. The molecule has 0 aromatic heterocycles. The standard InChI is InChI=1S/C43H80NO12P/c1-3-5-7-9-11-13-15-16-17-18-19-20-21-22-24-26-28-30-34(45)32-37(47)44-35(36(46)31-29-27-25-23-14-12-10-8-6-4-2)33-55-57(53,54)56-43-41(51)39(49)38(48)40(50)42(43)52/h6,8,14,23,29,31,34-36,38-43,45-46,48-52H,3-5,7,9-13,15-22,24-28,30,32-33H2,1-2H3,(H,44,47)(H,53,54)/b8-6+,23-14+,31-29+. The van der Waals surface area contributed by atoms with Gasteiger partial charge in [-0.2, -0.15) is 0 Å². The molecule has 1 fully saturated rings. The van der Waals surface area contributed by atoms with E-state index in [9.17, 15) is 50.0 Å². The monoisotopic (exact) mass is 834 g/mol. The van der Waals surface area contributed by atoms with Gasteiger partial charge in [0, 0.05) is 0 Å². The van der Waals surface area contributed by atoms with E-state index in [1.807, 2.05) is 6.08 Å². The number of aliphatic hydroxyl groups excluding tert-OH is 7. The highest BCUT2D eigenvalue weighted by Gasteiger charge is 2.51. The average molecular weight is 834 g/mol. The molecule has 0 aromatic rings. The van der Waals surface area contributed by atoms with Crippen LogP contribution in [0.25, 0.3) is 0 Å². The molecule has 8 atom stereocenters. The number of amides is 1. The second-order valence-electron chi connectivity index (χ2n) is 15.7. The molecule has 8 unspecified atom stereocenters. The van der Waals surface area contributed by atoms with Crippen LogP contribution in [0, 0.1) is 0 Å². The van der Waals surface area contributed by atoms with Gasteiger partial charge in [-0.15, -0.1) is 0 Å². The van der Waals surface area contributed by atoms with Gasteiger partial charge in [-0.1, -0.05) is 159 Å². The minimum absolute atomic E-state index is 0.254. The van der Waals surface area contributed by atoms with Crippen molar-refractivity contribution in [3.05, 3.63) is 36.5 Å². The van der Waals surface area contributed by atoms with Gasteiger partial charge < -0.3 is 46.0 Å². The Morgan fingerprint density at radius 2 is 1.05 bits per heavy atom. The summed E-state index contributed by atoms with van der Waals surface area (Å²) in [6.45, 7) is 3.58. The first-order valence-electron chi connectivity index (χ1n) is 22.0. The molecule has 14 heteroatoms. The molecule has 0 aliphatic heterocycles. The Hall–Kier alpha value is -1.48. The average Bonchev–Trinajstić information content (AvgIpc) is 3.18. The van der Waals surface area contributed by atoms with Crippen LogP contribution in [0.15, 0.2) is 36.5 Å².